The van der Waals surface area contributed by atoms with E-state index in [1.807, 2.05) is 0 Å². The van der Waals surface area contributed by atoms with Crippen molar-refractivity contribution in [2.75, 3.05) is 6.61 Å². The number of rotatable bonds is 6. The van der Waals surface area contributed by atoms with Gasteiger partial charge >= 0.3 is 6.18 Å². The molecule has 3 rings (SSSR count). The van der Waals surface area contributed by atoms with Gasteiger partial charge in [0.1, 0.15) is 17.1 Å². The van der Waals surface area contributed by atoms with Crippen molar-refractivity contribution in [1.82, 2.24) is 4.98 Å². The molecule has 1 heterocycles. The van der Waals surface area contributed by atoms with Crippen LogP contribution in [0, 0.1) is 11.6 Å². The summed E-state index contributed by atoms with van der Waals surface area (Å²) >= 11 is 5.96. The summed E-state index contributed by atoms with van der Waals surface area (Å²) in [6, 6.07) is 6.00. The topological polar surface area (TPSA) is 78.4 Å². The molecule has 1 amide bonds. The number of carbonyl (C=O) groups is 1. The van der Waals surface area contributed by atoms with E-state index in [1.54, 1.807) is 0 Å². The molecule has 0 fully saturated rings. The molecule has 1 aromatic heterocycles. The van der Waals surface area contributed by atoms with Crippen LogP contribution in [0.15, 0.2) is 40.8 Å². The van der Waals surface area contributed by atoms with Crippen molar-refractivity contribution in [2.24, 2.45) is 5.73 Å². The second-order valence-electron chi connectivity index (χ2n) is 6.00. The summed E-state index contributed by atoms with van der Waals surface area (Å²) in [5.74, 6) is -3.96. The Balaban J connectivity index is 1.70. The number of primary amides is 1. The fraction of sp³-hybridized carbons (Fsp3) is 0.158. The van der Waals surface area contributed by atoms with Gasteiger partial charge in [-0.3, -0.25) is 4.79 Å². The SMILES string of the molecule is NC(=O)c1c(F)ccc(OCCc2nc(-c3ccc(C(F)(F)F)cc3)c(Cl)o2)c1F. The van der Waals surface area contributed by atoms with Gasteiger partial charge in [-0.2, -0.15) is 13.2 Å². The Labute approximate surface area is 171 Å². The fourth-order valence-corrected chi connectivity index (χ4v) is 2.80. The first-order valence-corrected chi connectivity index (χ1v) is 8.69. The fourth-order valence-electron chi connectivity index (χ4n) is 2.56. The molecule has 30 heavy (non-hydrogen) atoms. The van der Waals surface area contributed by atoms with Gasteiger partial charge in [0.15, 0.2) is 17.5 Å². The normalized spacial score (nSPS) is 11.5. The molecule has 0 aliphatic heterocycles. The lowest BCUT2D eigenvalue weighted by atomic mass is 10.1. The number of nitrogens with two attached hydrogens (primary N) is 1. The molecule has 0 bridgehead atoms. The zero-order valence-corrected chi connectivity index (χ0v) is 15.7. The first kappa shape index (κ1) is 21.6. The van der Waals surface area contributed by atoms with Crippen LogP contribution in [0.5, 0.6) is 5.75 Å². The van der Waals surface area contributed by atoms with Crippen LogP contribution in [0.2, 0.25) is 5.22 Å². The van der Waals surface area contributed by atoms with Gasteiger partial charge < -0.3 is 14.9 Å². The van der Waals surface area contributed by atoms with E-state index in [0.717, 1.165) is 24.3 Å². The standard InChI is InChI=1S/C19H12ClF5N2O3/c20-17-16(9-1-3-10(4-2-9)19(23,24)25)27-13(30-17)7-8-29-12-6-5-11(21)14(15(12)22)18(26)28/h1-6H,7-8H2,(H2,26,28). The molecule has 11 heteroatoms. The minimum absolute atomic E-state index is 0.00305. The highest BCUT2D eigenvalue weighted by molar-refractivity contribution is 6.31. The number of oxazole rings is 1. The number of halogens is 6. The van der Waals surface area contributed by atoms with Crippen molar-refractivity contribution in [3.63, 3.8) is 0 Å². The Hall–Kier alpha value is -3.14. The lowest BCUT2D eigenvalue weighted by Crippen LogP contribution is -2.16. The quantitative estimate of drug-likeness (QED) is 0.540. The molecule has 2 N–H and O–H groups in total. The monoisotopic (exact) mass is 446 g/mol. The average molecular weight is 447 g/mol. The molecule has 0 saturated heterocycles. The van der Waals surface area contributed by atoms with E-state index in [4.69, 9.17) is 26.5 Å². The number of aromatic nitrogens is 1. The second kappa shape index (κ2) is 8.31. The van der Waals surface area contributed by atoms with E-state index in [-0.39, 0.29) is 29.8 Å². The average Bonchev–Trinajstić information content (AvgIpc) is 3.03. The van der Waals surface area contributed by atoms with Gasteiger partial charge in [0.2, 0.25) is 5.22 Å². The first-order valence-electron chi connectivity index (χ1n) is 8.31. The van der Waals surface area contributed by atoms with E-state index in [1.165, 1.54) is 12.1 Å². The lowest BCUT2D eigenvalue weighted by Gasteiger charge is -2.08. The number of amides is 1. The molecule has 158 valence electrons. The second-order valence-corrected chi connectivity index (χ2v) is 6.35. The Morgan fingerprint density at radius 3 is 2.40 bits per heavy atom. The zero-order chi connectivity index (χ0) is 22.1. The number of ether oxygens (including phenoxy) is 1. The van der Waals surface area contributed by atoms with E-state index >= 15 is 0 Å². The summed E-state index contributed by atoms with van der Waals surface area (Å²) in [5.41, 5.74) is 3.63. The number of alkyl halides is 3. The van der Waals surface area contributed by atoms with Crippen LogP contribution >= 0.6 is 11.6 Å². The Morgan fingerprint density at radius 1 is 1.13 bits per heavy atom. The number of hydrogen-bond acceptors (Lipinski definition) is 4. The molecule has 0 aliphatic rings. The molecule has 0 unspecified atom stereocenters. The van der Waals surface area contributed by atoms with Crippen molar-refractivity contribution in [3.8, 4) is 17.0 Å². The largest absolute Gasteiger partial charge is 0.490 e. The number of hydrogen-bond donors (Lipinski definition) is 1. The van der Waals surface area contributed by atoms with Crippen molar-refractivity contribution >= 4 is 17.5 Å². The summed E-state index contributed by atoms with van der Waals surface area (Å²) in [6.45, 7) is -0.177. The van der Waals surface area contributed by atoms with Crippen molar-refractivity contribution < 1.29 is 35.9 Å². The van der Waals surface area contributed by atoms with Gasteiger partial charge in [-0.25, -0.2) is 13.8 Å². The van der Waals surface area contributed by atoms with E-state index in [0.29, 0.717) is 5.56 Å². The zero-order valence-electron chi connectivity index (χ0n) is 14.9. The summed E-state index contributed by atoms with van der Waals surface area (Å²) in [6.07, 6.45) is -4.47. The van der Waals surface area contributed by atoms with Crippen LogP contribution in [-0.4, -0.2) is 17.5 Å². The van der Waals surface area contributed by atoms with Crippen LogP contribution in [0.3, 0.4) is 0 Å². The van der Waals surface area contributed by atoms with Gasteiger partial charge in [0.05, 0.1) is 18.6 Å². The number of benzene rings is 2. The highest BCUT2D eigenvalue weighted by Crippen LogP contribution is 2.33. The third kappa shape index (κ3) is 4.54. The number of carbonyl (C=O) groups excluding carboxylic acids is 1. The Kier molecular flexibility index (Phi) is 5.97. The van der Waals surface area contributed by atoms with Crippen LogP contribution in [-0.2, 0) is 12.6 Å². The van der Waals surface area contributed by atoms with Gasteiger partial charge in [-0.15, -0.1) is 0 Å². The van der Waals surface area contributed by atoms with Gasteiger partial charge in [-0.05, 0) is 35.9 Å². The third-order valence-electron chi connectivity index (χ3n) is 3.99. The summed E-state index contributed by atoms with van der Waals surface area (Å²) in [7, 11) is 0. The smallest absolute Gasteiger partial charge is 0.416 e. The molecular formula is C19H12ClF5N2O3. The predicted molar refractivity (Wildman–Crippen MR) is 96.0 cm³/mol. The summed E-state index contributed by atoms with van der Waals surface area (Å²) in [4.78, 5) is 15.2. The van der Waals surface area contributed by atoms with Crippen molar-refractivity contribution in [2.45, 2.75) is 12.6 Å². The third-order valence-corrected chi connectivity index (χ3v) is 4.25. The van der Waals surface area contributed by atoms with Gasteiger partial charge in [0, 0.05) is 5.56 Å². The van der Waals surface area contributed by atoms with Crippen molar-refractivity contribution in [1.29, 1.82) is 0 Å². The number of nitrogens with zero attached hydrogens (tertiary/aromatic N) is 1. The van der Waals surface area contributed by atoms with E-state index in [2.05, 4.69) is 4.98 Å². The Bertz CT molecular complexity index is 1080. The van der Waals surface area contributed by atoms with Crippen LogP contribution < -0.4 is 10.5 Å². The van der Waals surface area contributed by atoms with Gasteiger partial charge in [-0.1, -0.05) is 12.1 Å². The predicted octanol–water partition coefficient (Wildman–Crippen LogP) is 5.01. The maximum atomic E-state index is 14.1. The molecule has 2 aromatic carbocycles. The maximum absolute atomic E-state index is 14.1. The lowest BCUT2D eigenvalue weighted by molar-refractivity contribution is -0.137. The van der Waals surface area contributed by atoms with Crippen LogP contribution in [0.25, 0.3) is 11.3 Å². The molecule has 5 nitrogen and oxygen atoms in total. The highest BCUT2D eigenvalue weighted by Gasteiger charge is 2.30. The maximum Gasteiger partial charge on any atom is 0.416 e. The Morgan fingerprint density at radius 2 is 1.80 bits per heavy atom. The van der Waals surface area contributed by atoms with Gasteiger partial charge in [0.25, 0.3) is 5.91 Å². The molecule has 3 aromatic rings. The molecule has 0 atom stereocenters. The molecule has 0 radical (unpaired) electrons. The molecular weight excluding hydrogens is 435 g/mol. The highest BCUT2D eigenvalue weighted by atomic mass is 35.5. The molecule has 0 saturated carbocycles. The molecule has 0 aliphatic carbocycles. The minimum atomic E-state index is -4.47. The first-order chi connectivity index (χ1) is 14.1. The van der Waals surface area contributed by atoms with E-state index < -0.39 is 40.6 Å². The molecule has 0 spiro atoms. The summed E-state index contributed by atoms with van der Waals surface area (Å²) < 4.78 is 76.0. The minimum Gasteiger partial charge on any atom is -0.490 e. The van der Waals surface area contributed by atoms with Crippen LogP contribution in [0.4, 0.5) is 22.0 Å². The van der Waals surface area contributed by atoms with E-state index in [9.17, 15) is 26.7 Å². The summed E-state index contributed by atoms with van der Waals surface area (Å²) in [5, 5.41) is -0.145. The van der Waals surface area contributed by atoms with Crippen molar-refractivity contribution in [3.05, 3.63) is 70.3 Å². The van der Waals surface area contributed by atoms with Crippen LogP contribution in [0.1, 0.15) is 21.8 Å².